The highest BCUT2D eigenvalue weighted by Crippen LogP contribution is 2.34. The topological polar surface area (TPSA) is 68.8 Å². The molecule has 126 valence electrons. The van der Waals surface area contributed by atoms with Crippen LogP contribution in [0, 0.1) is 0 Å². The molecule has 24 heavy (non-hydrogen) atoms. The minimum atomic E-state index is -0.194. The van der Waals surface area contributed by atoms with Gasteiger partial charge in [0.2, 0.25) is 6.79 Å². The molecule has 2 aromatic carbocycles. The number of rotatable bonds is 7. The Morgan fingerprint density at radius 3 is 2.67 bits per heavy atom. The number of amides is 2. The van der Waals surface area contributed by atoms with Crippen LogP contribution in [0.5, 0.6) is 17.2 Å². The SMILES string of the molecule is O=C(NCCOc1ccc2c(c1)OCO2)NCCc1ccccc1. The van der Waals surface area contributed by atoms with Gasteiger partial charge in [0.05, 0.1) is 6.54 Å². The standard InChI is InChI=1S/C18H20N2O4/c21-18(19-9-8-14-4-2-1-3-5-14)20-10-11-22-15-6-7-16-17(12-15)24-13-23-16/h1-7,12H,8-11,13H2,(H2,19,20,21). The van der Waals surface area contributed by atoms with Gasteiger partial charge >= 0.3 is 6.03 Å². The van der Waals surface area contributed by atoms with Crippen LogP contribution < -0.4 is 24.8 Å². The van der Waals surface area contributed by atoms with Gasteiger partial charge in [-0.2, -0.15) is 0 Å². The maximum Gasteiger partial charge on any atom is 0.314 e. The zero-order chi connectivity index (χ0) is 16.6. The molecule has 0 spiro atoms. The first kappa shape index (κ1) is 16.0. The van der Waals surface area contributed by atoms with Crippen LogP contribution in [0.25, 0.3) is 0 Å². The van der Waals surface area contributed by atoms with Gasteiger partial charge in [-0.15, -0.1) is 0 Å². The highest BCUT2D eigenvalue weighted by atomic mass is 16.7. The van der Waals surface area contributed by atoms with Gasteiger partial charge in [-0.25, -0.2) is 4.79 Å². The van der Waals surface area contributed by atoms with Crippen LogP contribution in [0.2, 0.25) is 0 Å². The molecule has 1 aliphatic rings. The predicted molar refractivity (Wildman–Crippen MR) is 89.6 cm³/mol. The van der Waals surface area contributed by atoms with Crippen molar-refractivity contribution in [1.82, 2.24) is 10.6 Å². The van der Waals surface area contributed by atoms with E-state index in [1.165, 1.54) is 5.56 Å². The summed E-state index contributed by atoms with van der Waals surface area (Å²) in [6.07, 6.45) is 0.807. The highest BCUT2D eigenvalue weighted by Gasteiger charge is 2.13. The van der Waals surface area contributed by atoms with Crippen molar-refractivity contribution in [2.24, 2.45) is 0 Å². The molecule has 0 unspecified atom stereocenters. The molecule has 1 aliphatic heterocycles. The van der Waals surface area contributed by atoms with Gasteiger partial charge in [-0.1, -0.05) is 30.3 Å². The van der Waals surface area contributed by atoms with Gasteiger partial charge in [0.1, 0.15) is 12.4 Å². The van der Waals surface area contributed by atoms with Crippen molar-refractivity contribution in [3.8, 4) is 17.2 Å². The third kappa shape index (κ3) is 4.55. The number of urea groups is 1. The Hall–Kier alpha value is -2.89. The van der Waals surface area contributed by atoms with E-state index in [4.69, 9.17) is 14.2 Å². The van der Waals surface area contributed by atoms with E-state index in [-0.39, 0.29) is 12.8 Å². The molecule has 1 heterocycles. The summed E-state index contributed by atoms with van der Waals surface area (Å²) >= 11 is 0. The average Bonchev–Trinajstić information content (AvgIpc) is 3.07. The molecule has 6 nitrogen and oxygen atoms in total. The summed E-state index contributed by atoms with van der Waals surface area (Å²) < 4.78 is 16.1. The number of ether oxygens (including phenoxy) is 3. The molecule has 2 amide bonds. The van der Waals surface area contributed by atoms with E-state index in [1.54, 1.807) is 12.1 Å². The molecular formula is C18H20N2O4. The molecule has 0 aromatic heterocycles. The van der Waals surface area contributed by atoms with Gasteiger partial charge < -0.3 is 24.8 Å². The third-order valence-electron chi connectivity index (χ3n) is 3.54. The molecule has 6 heteroatoms. The summed E-state index contributed by atoms with van der Waals surface area (Å²) in [7, 11) is 0. The number of benzene rings is 2. The molecule has 0 saturated heterocycles. The molecule has 2 aromatic rings. The zero-order valence-electron chi connectivity index (χ0n) is 13.3. The van der Waals surface area contributed by atoms with Crippen LogP contribution in [-0.2, 0) is 6.42 Å². The van der Waals surface area contributed by atoms with Crippen molar-refractivity contribution in [3.63, 3.8) is 0 Å². The minimum Gasteiger partial charge on any atom is -0.492 e. The van der Waals surface area contributed by atoms with Crippen LogP contribution in [0.15, 0.2) is 48.5 Å². The number of fused-ring (bicyclic) bond motifs is 1. The monoisotopic (exact) mass is 328 g/mol. The van der Waals surface area contributed by atoms with Gasteiger partial charge in [-0.05, 0) is 24.1 Å². The lowest BCUT2D eigenvalue weighted by atomic mass is 10.1. The smallest absolute Gasteiger partial charge is 0.314 e. The van der Waals surface area contributed by atoms with E-state index >= 15 is 0 Å². The average molecular weight is 328 g/mol. The van der Waals surface area contributed by atoms with E-state index in [1.807, 2.05) is 36.4 Å². The number of hydrogen-bond donors (Lipinski definition) is 2. The molecule has 3 rings (SSSR count). The van der Waals surface area contributed by atoms with Gasteiger partial charge in [0, 0.05) is 12.6 Å². The summed E-state index contributed by atoms with van der Waals surface area (Å²) in [6.45, 7) is 1.64. The first-order chi connectivity index (χ1) is 11.8. The van der Waals surface area contributed by atoms with Crippen LogP contribution in [0.3, 0.4) is 0 Å². The lowest BCUT2D eigenvalue weighted by Crippen LogP contribution is -2.38. The number of carbonyl (C=O) groups excluding carboxylic acids is 1. The molecule has 0 radical (unpaired) electrons. The second kappa shape index (κ2) is 8.10. The number of hydrogen-bond acceptors (Lipinski definition) is 4. The van der Waals surface area contributed by atoms with Crippen molar-refractivity contribution >= 4 is 6.03 Å². The zero-order valence-corrected chi connectivity index (χ0v) is 13.3. The van der Waals surface area contributed by atoms with Gasteiger partial charge in [0.25, 0.3) is 0 Å². The summed E-state index contributed by atoms with van der Waals surface area (Å²) in [5, 5.41) is 5.58. The van der Waals surface area contributed by atoms with Crippen LogP contribution >= 0.6 is 0 Å². The molecule has 2 N–H and O–H groups in total. The van der Waals surface area contributed by atoms with Crippen molar-refractivity contribution in [2.45, 2.75) is 6.42 Å². The predicted octanol–water partition coefficient (Wildman–Crippen LogP) is 2.34. The Labute approximate surface area is 140 Å². The number of nitrogens with one attached hydrogen (secondary N) is 2. The quantitative estimate of drug-likeness (QED) is 0.766. The minimum absolute atomic E-state index is 0.194. The van der Waals surface area contributed by atoms with Crippen molar-refractivity contribution < 1.29 is 19.0 Å². The van der Waals surface area contributed by atoms with Crippen molar-refractivity contribution in [2.75, 3.05) is 26.5 Å². The number of carbonyl (C=O) groups is 1. The summed E-state index contributed by atoms with van der Waals surface area (Å²) in [4.78, 5) is 11.7. The normalized spacial score (nSPS) is 11.8. The summed E-state index contributed by atoms with van der Waals surface area (Å²) in [6, 6.07) is 15.2. The van der Waals surface area contributed by atoms with Crippen LogP contribution in [0.4, 0.5) is 4.79 Å². The third-order valence-corrected chi connectivity index (χ3v) is 3.54. The Balaban J connectivity index is 1.29. The second-order valence-corrected chi connectivity index (χ2v) is 5.28. The molecule has 0 saturated carbocycles. The van der Waals surface area contributed by atoms with Crippen molar-refractivity contribution in [3.05, 3.63) is 54.1 Å². The van der Waals surface area contributed by atoms with E-state index in [9.17, 15) is 4.79 Å². The van der Waals surface area contributed by atoms with Gasteiger partial charge in [-0.3, -0.25) is 0 Å². The molecule has 0 atom stereocenters. The van der Waals surface area contributed by atoms with E-state index in [0.717, 1.165) is 12.2 Å². The van der Waals surface area contributed by atoms with E-state index < -0.39 is 0 Å². The fourth-order valence-corrected chi connectivity index (χ4v) is 2.33. The highest BCUT2D eigenvalue weighted by molar-refractivity contribution is 5.73. The fraction of sp³-hybridized carbons (Fsp3) is 0.278. The van der Waals surface area contributed by atoms with Crippen LogP contribution in [-0.4, -0.2) is 32.5 Å². The van der Waals surface area contributed by atoms with E-state index in [0.29, 0.717) is 31.2 Å². The Morgan fingerprint density at radius 2 is 1.79 bits per heavy atom. The maximum atomic E-state index is 11.7. The Kier molecular flexibility index (Phi) is 5.40. The first-order valence-corrected chi connectivity index (χ1v) is 7.89. The lowest BCUT2D eigenvalue weighted by Gasteiger charge is -2.09. The lowest BCUT2D eigenvalue weighted by molar-refractivity contribution is 0.173. The molecular weight excluding hydrogens is 308 g/mol. The largest absolute Gasteiger partial charge is 0.492 e. The first-order valence-electron chi connectivity index (χ1n) is 7.89. The summed E-state index contributed by atoms with van der Waals surface area (Å²) in [5.41, 5.74) is 1.20. The Bertz CT molecular complexity index is 676. The van der Waals surface area contributed by atoms with E-state index in [2.05, 4.69) is 10.6 Å². The maximum absolute atomic E-state index is 11.7. The molecule has 0 aliphatic carbocycles. The van der Waals surface area contributed by atoms with Gasteiger partial charge in [0.15, 0.2) is 11.5 Å². The van der Waals surface area contributed by atoms with Crippen LogP contribution in [0.1, 0.15) is 5.56 Å². The molecule has 0 bridgehead atoms. The Morgan fingerprint density at radius 1 is 1.00 bits per heavy atom. The fourth-order valence-electron chi connectivity index (χ4n) is 2.33. The second-order valence-electron chi connectivity index (χ2n) is 5.28. The summed E-state index contributed by atoms with van der Waals surface area (Å²) in [5.74, 6) is 2.09. The van der Waals surface area contributed by atoms with Crippen molar-refractivity contribution in [1.29, 1.82) is 0 Å². The molecule has 0 fully saturated rings.